The van der Waals surface area contributed by atoms with Crippen molar-refractivity contribution < 1.29 is 23.9 Å². The number of carbonyl (C=O) groups is 3. The van der Waals surface area contributed by atoms with E-state index in [2.05, 4.69) is 21.2 Å². The van der Waals surface area contributed by atoms with E-state index < -0.39 is 17.8 Å². The first kappa shape index (κ1) is 27.9. The Hall–Kier alpha value is -5.21. The quantitative estimate of drug-likeness (QED) is 0.142. The Morgan fingerprint density at radius 1 is 0.698 bits per heavy atom. The molecule has 7 nitrogen and oxygen atoms in total. The number of nitrogens with one attached hydrogen (secondary N) is 1. The standard InChI is InChI=1S/C35H25BrN2O5/c36-26-13-10-24(11-14-26)21-42-28-17-15-27(16-18-28)38-34(40)31(33(39)37-35(38)41)20-30-29-9-5-4-8-25(29)12-19-32(30)43-22-23-6-2-1-3-7-23/h1-20H,21-22H2,(H,37,39,41)/b31-20+. The normalized spacial score (nSPS) is 14.2. The second-order valence-electron chi connectivity index (χ2n) is 9.84. The van der Waals surface area contributed by atoms with Crippen LogP contribution in [0.4, 0.5) is 10.5 Å². The van der Waals surface area contributed by atoms with Crippen molar-refractivity contribution in [2.45, 2.75) is 13.2 Å². The lowest BCUT2D eigenvalue weighted by Gasteiger charge is -2.26. The van der Waals surface area contributed by atoms with Crippen LogP contribution in [-0.2, 0) is 22.8 Å². The van der Waals surface area contributed by atoms with Crippen molar-refractivity contribution in [1.29, 1.82) is 0 Å². The lowest BCUT2D eigenvalue weighted by atomic mass is 9.99. The summed E-state index contributed by atoms with van der Waals surface area (Å²) in [5.41, 5.74) is 2.65. The zero-order chi connectivity index (χ0) is 29.8. The molecule has 0 atom stereocenters. The molecule has 8 heteroatoms. The monoisotopic (exact) mass is 632 g/mol. The third-order valence-electron chi connectivity index (χ3n) is 6.97. The van der Waals surface area contributed by atoms with Crippen LogP contribution < -0.4 is 19.7 Å². The van der Waals surface area contributed by atoms with Gasteiger partial charge in [0.05, 0.1) is 5.69 Å². The Kier molecular flexibility index (Phi) is 8.02. The minimum Gasteiger partial charge on any atom is -0.489 e. The fourth-order valence-electron chi connectivity index (χ4n) is 4.76. The molecule has 0 unspecified atom stereocenters. The predicted octanol–water partition coefficient (Wildman–Crippen LogP) is 7.43. The maximum atomic E-state index is 13.7. The molecule has 1 fully saturated rings. The number of ether oxygens (including phenoxy) is 2. The van der Waals surface area contributed by atoms with Crippen LogP contribution in [0.5, 0.6) is 11.5 Å². The van der Waals surface area contributed by atoms with Crippen molar-refractivity contribution in [3.05, 3.63) is 142 Å². The number of nitrogens with zero attached hydrogens (tertiary/aromatic N) is 1. The highest BCUT2D eigenvalue weighted by molar-refractivity contribution is 9.10. The molecule has 0 aromatic heterocycles. The van der Waals surface area contributed by atoms with Gasteiger partial charge in [-0.15, -0.1) is 0 Å². The first-order chi connectivity index (χ1) is 21.0. The first-order valence-electron chi connectivity index (χ1n) is 13.5. The van der Waals surface area contributed by atoms with E-state index in [0.29, 0.717) is 36.0 Å². The van der Waals surface area contributed by atoms with Crippen LogP contribution in [0.3, 0.4) is 0 Å². The number of anilines is 1. The fourth-order valence-corrected chi connectivity index (χ4v) is 5.03. The van der Waals surface area contributed by atoms with Gasteiger partial charge in [0.25, 0.3) is 11.8 Å². The van der Waals surface area contributed by atoms with Crippen molar-refractivity contribution in [3.8, 4) is 11.5 Å². The maximum Gasteiger partial charge on any atom is 0.335 e. The third kappa shape index (κ3) is 6.19. The van der Waals surface area contributed by atoms with Crippen LogP contribution in [0, 0.1) is 0 Å². The Balaban J connectivity index is 1.29. The van der Waals surface area contributed by atoms with Gasteiger partial charge in [0, 0.05) is 10.0 Å². The van der Waals surface area contributed by atoms with E-state index in [-0.39, 0.29) is 5.57 Å². The summed E-state index contributed by atoms with van der Waals surface area (Å²) < 4.78 is 13.0. The molecule has 1 saturated heterocycles. The van der Waals surface area contributed by atoms with Gasteiger partial charge >= 0.3 is 6.03 Å². The largest absolute Gasteiger partial charge is 0.489 e. The second-order valence-corrected chi connectivity index (χ2v) is 10.8. The van der Waals surface area contributed by atoms with Gasteiger partial charge in [-0.1, -0.05) is 88.7 Å². The SMILES string of the molecule is O=C1NC(=O)N(c2ccc(OCc3ccc(Br)cc3)cc2)C(=O)/C1=C/c1c(OCc2ccccc2)ccc2ccccc12. The number of carbonyl (C=O) groups excluding carboxylic acids is 3. The molecular weight excluding hydrogens is 608 g/mol. The van der Waals surface area contributed by atoms with Gasteiger partial charge in [-0.25, -0.2) is 9.69 Å². The van der Waals surface area contributed by atoms with Crippen LogP contribution in [0.15, 0.2) is 125 Å². The summed E-state index contributed by atoms with van der Waals surface area (Å²) in [4.78, 5) is 40.5. The highest BCUT2D eigenvalue weighted by Crippen LogP contribution is 2.32. The zero-order valence-corrected chi connectivity index (χ0v) is 24.4. The smallest absolute Gasteiger partial charge is 0.335 e. The number of barbiturate groups is 1. The van der Waals surface area contributed by atoms with Gasteiger partial charge in [-0.3, -0.25) is 14.9 Å². The average molecular weight is 633 g/mol. The summed E-state index contributed by atoms with van der Waals surface area (Å²) in [5, 5.41) is 4.02. The number of imide groups is 2. The molecule has 1 aliphatic heterocycles. The number of halogens is 1. The summed E-state index contributed by atoms with van der Waals surface area (Å²) in [6, 6.07) is 34.6. The molecule has 0 radical (unpaired) electrons. The molecular formula is C35H25BrN2O5. The molecule has 0 saturated carbocycles. The lowest BCUT2D eigenvalue weighted by Crippen LogP contribution is -2.54. The Labute approximate surface area is 256 Å². The van der Waals surface area contributed by atoms with E-state index in [4.69, 9.17) is 9.47 Å². The third-order valence-corrected chi connectivity index (χ3v) is 7.50. The van der Waals surface area contributed by atoms with E-state index in [1.54, 1.807) is 24.3 Å². The molecule has 4 amide bonds. The average Bonchev–Trinajstić information content (AvgIpc) is 3.03. The van der Waals surface area contributed by atoms with Crippen LogP contribution in [0.2, 0.25) is 0 Å². The molecule has 0 aliphatic carbocycles. The molecule has 1 aliphatic rings. The van der Waals surface area contributed by atoms with Gasteiger partial charge in [0.2, 0.25) is 0 Å². The van der Waals surface area contributed by atoms with Gasteiger partial charge in [0.15, 0.2) is 0 Å². The molecule has 0 bridgehead atoms. The van der Waals surface area contributed by atoms with Gasteiger partial charge in [-0.2, -0.15) is 0 Å². The minimum absolute atomic E-state index is 0.184. The number of urea groups is 1. The maximum absolute atomic E-state index is 13.7. The Morgan fingerprint density at radius 3 is 2.14 bits per heavy atom. The molecule has 1 N–H and O–H groups in total. The number of amides is 4. The van der Waals surface area contributed by atoms with Gasteiger partial charge in [-0.05, 0) is 70.4 Å². The molecule has 5 aromatic carbocycles. The zero-order valence-electron chi connectivity index (χ0n) is 22.8. The van der Waals surface area contributed by atoms with Crippen LogP contribution in [-0.4, -0.2) is 17.8 Å². The predicted molar refractivity (Wildman–Crippen MR) is 169 cm³/mol. The van der Waals surface area contributed by atoms with Crippen LogP contribution in [0.25, 0.3) is 16.8 Å². The second kappa shape index (κ2) is 12.3. The number of hydrogen-bond donors (Lipinski definition) is 1. The Morgan fingerprint density at radius 2 is 1.37 bits per heavy atom. The molecule has 6 rings (SSSR count). The van der Waals surface area contributed by atoms with Crippen LogP contribution >= 0.6 is 15.9 Å². The molecule has 1 heterocycles. The van der Waals surface area contributed by atoms with E-state index in [1.807, 2.05) is 91.0 Å². The Bertz CT molecular complexity index is 1850. The summed E-state index contributed by atoms with van der Waals surface area (Å²) in [7, 11) is 0. The number of rotatable bonds is 8. The topological polar surface area (TPSA) is 84.9 Å². The summed E-state index contributed by atoms with van der Waals surface area (Å²) in [6.07, 6.45) is 1.50. The molecule has 5 aromatic rings. The van der Waals surface area contributed by atoms with Gasteiger partial charge in [0.1, 0.15) is 30.3 Å². The van der Waals surface area contributed by atoms with Gasteiger partial charge < -0.3 is 9.47 Å². The minimum atomic E-state index is -0.825. The number of benzene rings is 5. The highest BCUT2D eigenvalue weighted by atomic mass is 79.9. The highest BCUT2D eigenvalue weighted by Gasteiger charge is 2.37. The van der Waals surface area contributed by atoms with Crippen molar-refractivity contribution in [2.24, 2.45) is 0 Å². The summed E-state index contributed by atoms with van der Waals surface area (Å²) in [5.74, 6) is -0.437. The van der Waals surface area contributed by atoms with Crippen LogP contribution in [0.1, 0.15) is 16.7 Å². The van der Waals surface area contributed by atoms with Crippen molar-refractivity contribution in [3.63, 3.8) is 0 Å². The number of hydrogen-bond acceptors (Lipinski definition) is 5. The van der Waals surface area contributed by atoms with Crippen molar-refractivity contribution in [2.75, 3.05) is 4.90 Å². The number of fused-ring (bicyclic) bond motifs is 1. The van der Waals surface area contributed by atoms with Crippen molar-refractivity contribution >= 4 is 56.3 Å². The van der Waals surface area contributed by atoms with E-state index >= 15 is 0 Å². The molecule has 0 spiro atoms. The first-order valence-corrected chi connectivity index (χ1v) is 14.3. The summed E-state index contributed by atoms with van der Waals surface area (Å²) in [6.45, 7) is 0.660. The van der Waals surface area contributed by atoms with Crippen molar-refractivity contribution in [1.82, 2.24) is 5.32 Å². The van der Waals surface area contributed by atoms with E-state index in [9.17, 15) is 14.4 Å². The lowest BCUT2D eigenvalue weighted by molar-refractivity contribution is -0.122. The summed E-state index contributed by atoms with van der Waals surface area (Å²) >= 11 is 3.42. The van der Waals surface area contributed by atoms with E-state index in [0.717, 1.165) is 31.3 Å². The fraction of sp³-hybridized carbons (Fsp3) is 0.0571. The molecule has 212 valence electrons. The van der Waals surface area contributed by atoms with E-state index in [1.165, 1.54) is 6.08 Å². The molecule has 43 heavy (non-hydrogen) atoms.